The van der Waals surface area contributed by atoms with Crippen LogP contribution in [0.1, 0.15) is 49.9 Å². The molecule has 0 unspecified atom stereocenters. The molecule has 6 rings (SSSR count). The quantitative estimate of drug-likeness (QED) is 0.251. The van der Waals surface area contributed by atoms with Crippen LogP contribution in [0.3, 0.4) is 0 Å². The van der Waals surface area contributed by atoms with E-state index in [1.807, 2.05) is 118 Å². The summed E-state index contributed by atoms with van der Waals surface area (Å²) in [6.07, 6.45) is 3.71. The third-order valence-corrected chi connectivity index (χ3v) is 10.2. The first-order valence-electron chi connectivity index (χ1n) is 14.1. The van der Waals surface area contributed by atoms with Gasteiger partial charge in [0.25, 0.3) is 20.2 Å². The van der Waals surface area contributed by atoms with Gasteiger partial charge in [0, 0.05) is 54.6 Å². The molecule has 9 nitrogen and oxygen atoms in total. The summed E-state index contributed by atoms with van der Waals surface area (Å²) in [6, 6.07) is 17.3. The van der Waals surface area contributed by atoms with Crippen molar-refractivity contribution in [2.45, 2.75) is 38.8 Å². The van der Waals surface area contributed by atoms with Gasteiger partial charge in [0.1, 0.15) is 30.1 Å². The molecule has 3 aliphatic heterocycles. The molecule has 0 amide bonds. The highest BCUT2D eigenvalue weighted by atomic mass is 32.2. The molecule has 0 bridgehead atoms. The number of rotatable bonds is 5. The largest absolute Gasteiger partial charge is 0.456 e. The molecular weight excluding hydrogens is 601 g/mol. The molecule has 2 N–H and O–H groups in total. The maximum absolute atomic E-state index is 12.1. The topological polar surface area (TPSA) is 124 Å². The summed E-state index contributed by atoms with van der Waals surface area (Å²) < 4.78 is 76.6. The van der Waals surface area contributed by atoms with Crippen molar-refractivity contribution in [1.82, 2.24) is 4.58 Å². The fourth-order valence-electron chi connectivity index (χ4n) is 6.40. The van der Waals surface area contributed by atoms with Crippen LogP contribution < -0.4 is 24.8 Å². The minimum absolute atomic E-state index is 0.485. The van der Waals surface area contributed by atoms with Crippen LogP contribution in [0.4, 0.5) is 5.69 Å². The second-order valence-corrected chi connectivity index (χ2v) is 15.7. The van der Waals surface area contributed by atoms with Crippen molar-refractivity contribution in [3.05, 3.63) is 99.6 Å². The molecule has 0 saturated heterocycles. The lowest BCUT2D eigenvalue weighted by Gasteiger charge is -2.41. The Morgan fingerprint density at radius 1 is 0.795 bits per heavy atom. The van der Waals surface area contributed by atoms with Crippen LogP contribution in [-0.2, 0) is 20.2 Å². The number of anilines is 1. The van der Waals surface area contributed by atoms with Gasteiger partial charge in [0.15, 0.2) is 5.54 Å². The first-order chi connectivity index (χ1) is 20.3. The molecule has 11 heteroatoms. The molecule has 0 aliphatic carbocycles. The minimum Gasteiger partial charge on any atom is -0.456 e. The molecule has 0 saturated carbocycles. The van der Waals surface area contributed by atoms with Gasteiger partial charge in [-0.1, -0.05) is 36.4 Å². The Bertz CT molecular complexity index is 2160. The SMILES string of the molecule is CN1c2cc3c(cc2C(CS(=O)(=O)O)=CC1(C)C)C(c1ccccc1)=c1cc2c(cc1O3)=[N+](C)C(C)(C)C=C2CS(=O)(=O)O. The van der Waals surface area contributed by atoms with E-state index in [4.69, 9.17) is 4.74 Å². The Balaban J connectivity index is 1.71. The third kappa shape index (κ3) is 5.27. The van der Waals surface area contributed by atoms with Crippen molar-refractivity contribution in [2.75, 3.05) is 30.5 Å². The van der Waals surface area contributed by atoms with Gasteiger partial charge in [-0.15, -0.1) is 0 Å². The minimum atomic E-state index is -4.32. The lowest BCUT2D eigenvalue weighted by molar-refractivity contribution is 0.433. The van der Waals surface area contributed by atoms with Crippen molar-refractivity contribution < 1.29 is 30.7 Å². The molecule has 0 atom stereocenters. The molecule has 0 radical (unpaired) electrons. The Morgan fingerprint density at radius 3 is 2.02 bits per heavy atom. The Hall–Kier alpha value is -3.77. The van der Waals surface area contributed by atoms with Crippen LogP contribution >= 0.6 is 0 Å². The molecule has 0 fully saturated rings. The van der Waals surface area contributed by atoms with Crippen LogP contribution in [0.25, 0.3) is 16.7 Å². The Labute approximate surface area is 257 Å². The lowest BCUT2D eigenvalue weighted by atomic mass is 9.84. The zero-order valence-corrected chi connectivity index (χ0v) is 27.0. The first-order valence-corrected chi connectivity index (χ1v) is 17.4. The van der Waals surface area contributed by atoms with Gasteiger partial charge in [-0.2, -0.15) is 16.8 Å². The second kappa shape index (κ2) is 9.87. The highest BCUT2D eigenvalue weighted by Gasteiger charge is 2.36. The first kappa shape index (κ1) is 30.3. The highest BCUT2D eigenvalue weighted by Crippen LogP contribution is 2.46. The molecule has 0 spiro atoms. The van der Waals surface area contributed by atoms with Crippen molar-refractivity contribution in [3.63, 3.8) is 0 Å². The van der Waals surface area contributed by atoms with E-state index in [0.29, 0.717) is 33.8 Å². The molecule has 3 aromatic rings. The fourth-order valence-corrected chi connectivity index (χ4v) is 7.66. The van der Waals surface area contributed by atoms with Gasteiger partial charge in [0.05, 0.1) is 17.2 Å². The number of benzene rings is 3. The normalized spacial score (nSPS) is 18.3. The predicted octanol–water partition coefficient (Wildman–Crippen LogP) is 3.72. The van der Waals surface area contributed by atoms with Gasteiger partial charge >= 0.3 is 0 Å². The average Bonchev–Trinajstić information content (AvgIpc) is 2.90. The zero-order valence-electron chi connectivity index (χ0n) is 25.4. The van der Waals surface area contributed by atoms with Gasteiger partial charge in [0.2, 0.25) is 5.36 Å². The highest BCUT2D eigenvalue weighted by molar-refractivity contribution is 7.86. The summed E-state index contributed by atoms with van der Waals surface area (Å²) in [7, 11) is -4.78. The van der Waals surface area contributed by atoms with E-state index >= 15 is 0 Å². The van der Waals surface area contributed by atoms with Crippen molar-refractivity contribution in [3.8, 4) is 11.5 Å². The summed E-state index contributed by atoms with van der Waals surface area (Å²) in [4.78, 5) is 2.05. The predicted molar refractivity (Wildman–Crippen MR) is 173 cm³/mol. The maximum Gasteiger partial charge on any atom is 0.269 e. The molecule has 3 aromatic carbocycles. The number of ether oxygens (including phenoxy) is 1. The number of likely N-dealkylation sites (N-methyl/N-ethyl adjacent to an activating group) is 2. The molecular formula is C33H35N2O7S2+. The maximum atomic E-state index is 12.1. The van der Waals surface area contributed by atoms with E-state index in [2.05, 4.69) is 0 Å². The molecule has 230 valence electrons. The lowest BCUT2D eigenvalue weighted by Crippen LogP contribution is -2.47. The molecule has 3 aliphatic rings. The van der Waals surface area contributed by atoms with Crippen LogP contribution in [-0.4, -0.2) is 62.6 Å². The summed E-state index contributed by atoms with van der Waals surface area (Å²) >= 11 is 0. The van der Waals surface area contributed by atoms with Gasteiger partial charge in [-0.3, -0.25) is 9.11 Å². The van der Waals surface area contributed by atoms with E-state index in [1.54, 1.807) is 0 Å². The summed E-state index contributed by atoms with van der Waals surface area (Å²) in [5, 5.41) is 1.49. The Morgan fingerprint density at radius 2 is 1.41 bits per heavy atom. The van der Waals surface area contributed by atoms with Gasteiger partial charge < -0.3 is 9.64 Å². The third-order valence-electron chi connectivity index (χ3n) is 8.89. The number of nitrogens with zero attached hydrogens (tertiary/aromatic N) is 2. The van der Waals surface area contributed by atoms with E-state index < -0.39 is 42.8 Å². The van der Waals surface area contributed by atoms with E-state index in [-0.39, 0.29) is 0 Å². The van der Waals surface area contributed by atoms with Gasteiger partial charge in [-0.05, 0) is 48.8 Å². The number of hydrogen-bond acceptors (Lipinski definition) is 6. The smallest absolute Gasteiger partial charge is 0.269 e. The molecule has 44 heavy (non-hydrogen) atoms. The van der Waals surface area contributed by atoms with E-state index in [1.165, 1.54) is 0 Å². The number of fused-ring (bicyclic) bond motifs is 4. The van der Waals surface area contributed by atoms with Crippen LogP contribution in [0.5, 0.6) is 11.5 Å². The zero-order chi connectivity index (χ0) is 32.0. The second-order valence-electron chi connectivity index (χ2n) is 12.8. The standard InChI is InChI=1S/C33H34N2O7S2/c1-32(2)16-21(18-43(36,37)38)23-12-25-29(14-27(23)34(32)5)42-30-15-28-24(13-26(30)31(25)20-10-8-7-9-11-20)22(19-44(39,40)41)17-33(3,4)35(28)6/h7-17H,18-19H2,1-6H3,(H-,36,37,38,39,40,41)/p+1. The van der Waals surface area contributed by atoms with Crippen LogP contribution in [0.2, 0.25) is 0 Å². The number of hydrogen-bond donors (Lipinski definition) is 2. The van der Waals surface area contributed by atoms with Crippen molar-refractivity contribution >= 4 is 42.6 Å². The summed E-state index contributed by atoms with van der Waals surface area (Å²) in [5.74, 6) is 0.0933. The van der Waals surface area contributed by atoms with Crippen LogP contribution in [0.15, 0.2) is 66.7 Å². The van der Waals surface area contributed by atoms with Crippen molar-refractivity contribution in [1.29, 1.82) is 0 Å². The van der Waals surface area contributed by atoms with Gasteiger partial charge in [-0.25, -0.2) is 4.58 Å². The summed E-state index contributed by atoms with van der Waals surface area (Å²) in [6.45, 7) is 7.88. The average molecular weight is 636 g/mol. The molecule has 0 aromatic heterocycles. The van der Waals surface area contributed by atoms with E-state index in [9.17, 15) is 25.9 Å². The van der Waals surface area contributed by atoms with Crippen LogP contribution in [0, 0.1) is 0 Å². The Kier molecular flexibility index (Phi) is 6.79. The van der Waals surface area contributed by atoms with E-state index in [0.717, 1.165) is 33.0 Å². The fraction of sp³-hybridized carbons (Fsp3) is 0.303. The summed E-state index contributed by atoms with van der Waals surface area (Å²) in [5.41, 5.74) is 4.41. The monoisotopic (exact) mass is 635 g/mol. The molecule has 3 heterocycles. The van der Waals surface area contributed by atoms with Crippen molar-refractivity contribution in [2.24, 2.45) is 0 Å².